The van der Waals surface area contributed by atoms with Crippen molar-refractivity contribution in [2.45, 2.75) is 45.7 Å². The predicted molar refractivity (Wildman–Crippen MR) is 77.7 cm³/mol. The molecule has 0 bridgehead atoms. The van der Waals surface area contributed by atoms with Gasteiger partial charge in [0.05, 0.1) is 6.04 Å². The van der Waals surface area contributed by atoms with E-state index in [-0.39, 0.29) is 12.0 Å². The molecule has 7 heteroatoms. The summed E-state index contributed by atoms with van der Waals surface area (Å²) < 4.78 is 0. The molecule has 0 saturated heterocycles. The molecule has 1 heterocycles. The Morgan fingerprint density at radius 3 is 2.50 bits per heavy atom. The van der Waals surface area contributed by atoms with E-state index in [1.165, 1.54) is 11.3 Å². The molecule has 1 aromatic heterocycles. The second-order valence-electron chi connectivity index (χ2n) is 4.65. The van der Waals surface area contributed by atoms with Crippen LogP contribution < -0.4 is 10.6 Å². The van der Waals surface area contributed by atoms with Gasteiger partial charge < -0.3 is 15.7 Å². The summed E-state index contributed by atoms with van der Waals surface area (Å²) in [5, 5.41) is 17.1. The van der Waals surface area contributed by atoms with E-state index in [1.54, 1.807) is 13.1 Å². The van der Waals surface area contributed by atoms with Gasteiger partial charge in [0.1, 0.15) is 11.0 Å². The summed E-state index contributed by atoms with van der Waals surface area (Å²) >= 11 is 1.46. The summed E-state index contributed by atoms with van der Waals surface area (Å²) in [7, 11) is 0. The first-order valence-electron chi connectivity index (χ1n) is 6.68. The molecule has 0 aliphatic rings. The molecule has 0 saturated carbocycles. The number of hydrogen-bond acceptors (Lipinski definition) is 4. The van der Waals surface area contributed by atoms with E-state index in [9.17, 15) is 9.59 Å². The first-order chi connectivity index (χ1) is 9.49. The quantitative estimate of drug-likeness (QED) is 0.721. The highest BCUT2D eigenvalue weighted by Gasteiger charge is 2.26. The molecule has 1 unspecified atom stereocenters. The minimum Gasteiger partial charge on any atom is -0.480 e. The van der Waals surface area contributed by atoms with E-state index < -0.39 is 18.0 Å². The number of nitrogens with one attached hydrogen (secondary N) is 2. The molecule has 20 heavy (non-hydrogen) atoms. The molecule has 0 aliphatic heterocycles. The van der Waals surface area contributed by atoms with Crippen LogP contribution in [0.25, 0.3) is 0 Å². The number of carbonyl (C=O) groups excluding carboxylic acids is 1. The fraction of sp³-hybridized carbons (Fsp3) is 0.615. The van der Waals surface area contributed by atoms with Crippen molar-refractivity contribution in [3.05, 3.63) is 16.6 Å². The lowest BCUT2D eigenvalue weighted by Crippen LogP contribution is -2.49. The van der Waals surface area contributed by atoms with E-state index in [4.69, 9.17) is 5.11 Å². The summed E-state index contributed by atoms with van der Waals surface area (Å²) in [4.78, 5) is 27.3. The van der Waals surface area contributed by atoms with E-state index >= 15 is 0 Å². The number of carboxylic acids is 1. The van der Waals surface area contributed by atoms with Gasteiger partial charge >= 0.3 is 12.0 Å². The normalized spacial score (nSPS) is 15.2. The van der Waals surface area contributed by atoms with Crippen molar-refractivity contribution in [3.8, 4) is 0 Å². The molecule has 2 amide bonds. The highest BCUT2D eigenvalue weighted by Crippen LogP contribution is 2.18. The molecule has 0 spiro atoms. The van der Waals surface area contributed by atoms with Gasteiger partial charge in [-0.05, 0) is 12.3 Å². The Bertz CT molecular complexity index is 436. The van der Waals surface area contributed by atoms with Crippen LogP contribution in [0.2, 0.25) is 0 Å². The maximum atomic E-state index is 11.9. The van der Waals surface area contributed by atoms with Crippen LogP contribution in [0.1, 0.15) is 44.7 Å². The molecular formula is C13H21N3O3S. The number of hydrogen-bond donors (Lipinski definition) is 3. The average Bonchev–Trinajstić information content (AvgIpc) is 2.94. The zero-order valence-electron chi connectivity index (χ0n) is 11.9. The number of aromatic nitrogens is 1. The molecule has 1 aromatic rings. The lowest BCUT2D eigenvalue weighted by molar-refractivity contribution is -0.140. The van der Waals surface area contributed by atoms with Crippen molar-refractivity contribution >= 4 is 23.3 Å². The minimum absolute atomic E-state index is 0.127. The Kier molecular flexibility index (Phi) is 6.44. The molecule has 0 fully saturated rings. The van der Waals surface area contributed by atoms with Gasteiger partial charge in [-0.25, -0.2) is 14.6 Å². The highest BCUT2D eigenvalue weighted by molar-refractivity contribution is 7.09. The third-order valence-electron chi connectivity index (χ3n) is 3.23. The van der Waals surface area contributed by atoms with Crippen molar-refractivity contribution in [2.75, 3.05) is 0 Å². The van der Waals surface area contributed by atoms with Crippen LogP contribution in [0.3, 0.4) is 0 Å². The number of thiazole rings is 1. The van der Waals surface area contributed by atoms with Crippen LogP contribution in [0.5, 0.6) is 0 Å². The molecular weight excluding hydrogens is 278 g/mol. The van der Waals surface area contributed by atoms with Gasteiger partial charge in [0.15, 0.2) is 0 Å². The molecule has 0 aliphatic carbocycles. The monoisotopic (exact) mass is 299 g/mol. The topological polar surface area (TPSA) is 91.3 Å². The zero-order chi connectivity index (χ0) is 15.1. The number of amides is 2. The number of aliphatic carboxylic acids is 1. The highest BCUT2D eigenvalue weighted by atomic mass is 32.1. The number of nitrogens with zero attached hydrogens (tertiary/aromatic N) is 1. The molecule has 3 atom stereocenters. The molecule has 0 radical (unpaired) electrons. The van der Waals surface area contributed by atoms with E-state index in [0.717, 1.165) is 5.01 Å². The van der Waals surface area contributed by atoms with Gasteiger partial charge in [-0.3, -0.25) is 0 Å². The molecule has 0 aromatic carbocycles. The molecule has 112 valence electrons. The number of urea groups is 1. The maximum Gasteiger partial charge on any atom is 0.326 e. The van der Waals surface area contributed by atoms with Gasteiger partial charge in [0.2, 0.25) is 0 Å². The van der Waals surface area contributed by atoms with E-state index in [0.29, 0.717) is 12.8 Å². The van der Waals surface area contributed by atoms with E-state index in [2.05, 4.69) is 15.6 Å². The molecule has 1 rings (SSSR count). The largest absolute Gasteiger partial charge is 0.480 e. The van der Waals surface area contributed by atoms with Crippen LogP contribution >= 0.6 is 11.3 Å². The Hall–Kier alpha value is -1.63. The van der Waals surface area contributed by atoms with Gasteiger partial charge in [-0.15, -0.1) is 11.3 Å². The minimum atomic E-state index is -1.02. The van der Waals surface area contributed by atoms with Gasteiger partial charge in [-0.2, -0.15) is 0 Å². The van der Waals surface area contributed by atoms with Gasteiger partial charge in [-0.1, -0.05) is 27.2 Å². The number of rotatable bonds is 7. The fourth-order valence-corrected chi connectivity index (χ4v) is 2.54. The zero-order valence-corrected chi connectivity index (χ0v) is 12.7. The first kappa shape index (κ1) is 16.4. The van der Waals surface area contributed by atoms with Crippen LogP contribution in [0, 0.1) is 5.92 Å². The first-order valence-corrected chi connectivity index (χ1v) is 7.56. The Morgan fingerprint density at radius 1 is 1.35 bits per heavy atom. The third kappa shape index (κ3) is 4.48. The third-order valence-corrected chi connectivity index (χ3v) is 4.12. The summed E-state index contributed by atoms with van der Waals surface area (Å²) in [6.45, 7) is 5.64. The Morgan fingerprint density at radius 2 is 2.05 bits per heavy atom. The van der Waals surface area contributed by atoms with Gasteiger partial charge in [0.25, 0.3) is 0 Å². The van der Waals surface area contributed by atoms with Crippen molar-refractivity contribution in [1.29, 1.82) is 0 Å². The Balaban J connectivity index is 2.63. The lowest BCUT2D eigenvalue weighted by atomic mass is 9.99. The SMILES string of the molecule is CCC(NC(=O)N[C@H](C(=O)O)[C@@H](C)CC)c1nccs1. The second-order valence-corrected chi connectivity index (χ2v) is 5.58. The summed E-state index contributed by atoms with van der Waals surface area (Å²) in [5.41, 5.74) is 0. The summed E-state index contributed by atoms with van der Waals surface area (Å²) in [6, 6.07) is -1.55. The predicted octanol–water partition coefficient (Wildman–Crippen LogP) is 2.39. The molecule has 3 N–H and O–H groups in total. The Labute approximate surface area is 122 Å². The second kappa shape index (κ2) is 7.84. The van der Waals surface area contributed by atoms with Crippen LogP contribution in [0.4, 0.5) is 4.79 Å². The van der Waals surface area contributed by atoms with Crippen LogP contribution in [0.15, 0.2) is 11.6 Å². The lowest BCUT2D eigenvalue weighted by Gasteiger charge is -2.22. The van der Waals surface area contributed by atoms with Crippen molar-refractivity contribution in [2.24, 2.45) is 5.92 Å². The smallest absolute Gasteiger partial charge is 0.326 e. The number of carbonyl (C=O) groups is 2. The summed E-state index contributed by atoms with van der Waals surface area (Å²) in [5.74, 6) is -1.14. The maximum absolute atomic E-state index is 11.9. The van der Waals surface area contributed by atoms with E-state index in [1.807, 2.05) is 19.2 Å². The summed E-state index contributed by atoms with van der Waals surface area (Å²) in [6.07, 6.45) is 3.06. The fourth-order valence-electron chi connectivity index (χ4n) is 1.77. The molecule has 6 nitrogen and oxygen atoms in total. The average molecular weight is 299 g/mol. The van der Waals surface area contributed by atoms with Crippen molar-refractivity contribution in [3.63, 3.8) is 0 Å². The van der Waals surface area contributed by atoms with Crippen molar-refractivity contribution < 1.29 is 14.7 Å². The number of carboxylic acid groups (broad SMARTS) is 1. The van der Waals surface area contributed by atoms with Crippen LogP contribution in [-0.4, -0.2) is 28.1 Å². The van der Waals surface area contributed by atoms with Crippen molar-refractivity contribution in [1.82, 2.24) is 15.6 Å². The standard InChI is InChI=1S/C13H21N3O3S/c1-4-8(3)10(12(17)18)16-13(19)15-9(5-2)11-14-6-7-20-11/h6-10H,4-5H2,1-3H3,(H,17,18)(H2,15,16,19)/t8-,9?,10-/m0/s1. The van der Waals surface area contributed by atoms with Gasteiger partial charge in [0, 0.05) is 11.6 Å². The van der Waals surface area contributed by atoms with Crippen LogP contribution in [-0.2, 0) is 4.79 Å².